The van der Waals surface area contributed by atoms with E-state index in [0.29, 0.717) is 6.42 Å². The molecule has 0 amide bonds. The van der Waals surface area contributed by atoms with Crippen molar-refractivity contribution in [3.05, 3.63) is 29.8 Å². The molecule has 0 aromatic heterocycles. The highest BCUT2D eigenvalue weighted by Gasteiger charge is 2.05. The fraction of sp³-hybridized carbons (Fsp3) is 0.500. The van der Waals surface area contributed by atoms with Crippen LogP contribution in [-0.2, 0) is 6.42 Å². The molecular formula is C12H18O2. The van der Waals surface area contributed by atoms with Crippen LogP contribution in [0.2, 0.25) is 0 Å². The Morgan fingerprint density at radius 3 is 2.71 bits per heavy atom. The number of para-hydroxylation sites is 1. The number of aliphatic hydroxyl groups is 1. The Balaban J connectivity index is 2.65. The normalized spacial score (nSPS) is 12.5. The lowest BCUT2D eigenvalue weighted by Gasteiger charge is -2.15. The van der Waals surface area contributed by atoms with Gasteiger partial charge in [0, 0.05) is 13.0 Å². The molecule has 0 spiro atoms. The molecule has 78 valence electrons. The van der Waals surface area contributed by atoms with Crippen LogP contribution in [0, 0.1) is 0 Å². The van der Waals surface area contributed by atoms with Crippen molar-refractivity contribution in [2.75, 3.05) is 6.61 Å². The summed E-state index contributed by atoms with van der Waals surface area (Å²) in [6.45, 7) is 4.26. The van der Waals surface area contributed by atoms with Crippen molar-refractivity contribution >= 4 is 0 Å². The first kappa shape index (κ1) is 11.1. The van der Waals surface area contributed by atoms with E-state index in [1.807, 2.05) is 25.1 Å². The first-order chi connectivity index (χ1) is 6.77. The Bertz CT molecular complexity index is 271. The first-order valence-corrected chi connectivity index (χ1v) is 5.13. The highest BCUT2D eigenvalue weighted by atomic mass is 16.5. The summed E-state index contributed by atoms with van der Waals surface area (Å²) in [5.74, 6) is 0.941. The van der Waals surface area contributed by atoms with E-state index < -0.39 is 0 Å². The van der Waals surface area contributed by atoms with Gasteiger partial charge in [0.05, 0.1) is 6.10 Å². The van der Waals surface area contributed by atoms with Crippen molar-refractivity contribution in [2.24, 2.45) is 0 Å². The molecule has 0 aliphatic heterocycles. The molecule has 1 unspecified atom stereocenters. The monoisotopic (exact) mass is 194 g/mol. The summed E-state index contributed by atoms with van der Waals surface area (Å²) in [5.41, 5.74) is 1.22. The lowest BCUT2D eigenvalue weighted by molar-refractivity contribution is 0.167. The maximum Gasteiger partial charge on any atom is 0.122 e. The van der Waals surface area contributed by atoms with Gasteiger partial charge in [-0.25, -0.2) is 0 Å². The number of rotatable bonds is 5. The van der Waals surface area contributed by atoms with Crippen molar-refractivity contribution in [3.63, 3.8) is 0 Å². The predicted molar refractivity (Wildman–Crippen MR) is 57.6 cm³/mol. The summed E-state index contributed by atoms with van der Waals surface area (Å²) >= 11 is 0. The van der Waals surface area contributed by atoms with E-state index in [4.69, 9.17) is 9.84 Å². The number of aliphatic hydroxyl groups excluding tert-OH is 1. The number of benzene rings is 1. The quantitative estimate of drug-likeness (QED) is 0.780. The van der Waals surface area contributed by atoms with Gasteiger partial charge in [-0.1, -0.05) is 25.1 Å². The van der Waals surface area contributed by atoms with Crippen molar-refractivity contribution in [3.8, 4) is 5.75 Å². The number of ether oxygens (including phenoxy) is 1. The maximum atomic E-state index is 8.76. The highest BCUT2D eigenvalue weighted by molar-refractivity contribution is 5.33. The van der Waals surface area contributed by atoms with Gasteiger partial charge in [0.2, 0.25) is 0 Å². The van der Waals surface area contributed by atoms with Gasteiger partial charge in [-0.3, -0.25) is 0 Å². The molecule has 0 saturated heterocycles. The average molecular weight is 194 g/mol. The van der Waals surface area contributed by atoms with Crippen LogP contribution in [0.15, 0.2) is 24.3 Å². The Kier molecular flexibility index (Phi) is 4.47. The van der Waals surface area contributed by atoms with Crippen LogP contribution >= 0.6 is 0 Å². The molecule has 1 aromatic carbocycles. The molecule has 0 fully saturated rings. The largest absolute Gasteiger partial charge is 0.490 e. The molecule has 0 heterocycles. The van der Waals surface area contributed by atoms with Crippen molar-refractivity contribution in [1.29, 1.82) is 0 Å². The van der Waals surface area contributed by atoms with Crippen LogP contribution in [0.5, 0.6) is 5.75 Å². The Labute approximate surface area is 85.5 Å². The zero-order chi connectivity index (χ0) is 10.4. The van der Waals surface area contributed by atoms with Crippen LogP contribution in [0.4, 0.5) is 0 Å². The van der Waals surface area contributed by atoms with E-state index in [1.165, 1.54) is 5.56 Å². The first-order valence-electron chi connectivity index (χ1n) is 5.13. The van der Waals surface area contributed by atoms with E-state index >= 15 is 0 Å². The molecule has 1 aromatic rings. The standard InChI is InChI=1S/C12H18O2/c1-3-11-6-4-5-7-12(11)14-10(2)8-9-13/h4-7,10,13H,3,8-9H2,1-2H3. The van der Waals surface area contributed by atoms with Crippen LogP contribution in [0.25, 0.3) is 0 Å². The molecule has 0 aliphatic carbocycles. The summed E-state index contributed by atoms with van der Waals surface area (Å²) in [7, 11) is 0. The summed E-state index contributed by atoms with van der Waals surface area (Å²) in [6.07, 6.45) is 1.73. The van der Waals surface area contributed by atoms with Crippen LogP contribution < -0.4 is 4.74 Å². The van der Waals surface area contributed by atoms with Gasteiger partial charge in [0.15, 0.2) is 0 Å². The highest BCUT2D eigenvalue weighted by Crippen LogP contribution is 2.20. The predicted octanol–water partition coefficient (Wildman–Crippen LogP) is 2.40. The summed E-state index contributed by atoms with van der Waals surface area (Å²) in [4.78, 5) is 0. The van der Waals surface area contributed by atoms with Gasteiger partial charge >= 0.3 is 0 Å². The second-order valence-electron chi connectivity index (χ2n) is 3.40. The second kappa shape index (κ2) is 5.66. The fourth-order valence-electron chi connectivity index (χ4n) is 1.37. The molecule has 14 heavy (non-hydrogen) atoms. The molecule has 0 radical (unpaired) electrons. The topological polar surface area (TPSA) is 29.5 Å². The van der Waals surface area contributed by atoms with Gasteiger partial charge in [-0.2, -0.15) is 0 Å². The number of hydrogen-bond acceptors (Lipinski definition) is 2. The minimum absolute atomic E-state index is 0.0766. The fourth-order valence-corrected chi connectivity index (χ4v) is 1.37. The Morgan fingerprint density at radius 2 is 2.07 bits per heavy atom. The van der Waals surface area contributed by atoms with E-state index in [-0.39, 0.29) is 12.7 Å². The number of hydrogen-bond donors (Lipinski definition) is 1. The van der Waals surface area contributed by atoms with Crippen molar-refractivity contribution < 1.29 is 9.84 Å². The van der Waals surface area contributed by atoms with E-state index in [2.05, 4.69) is 13.0 Å². The van der Waals surface area contributed by atoms with Crippen LogP contribution in [-0.4, -0.2) is 17.8 Å². The molecule has 2 nitrogen and oxygen atoms in total. The maximum absolute atomic E-state index is 8.76. The summed E-state index contributed by atoms with van der Waals surface area (Å²) < 4.78 is 5.72. The smallest absolute Gasteiger partial charge is 0.122 e. The van der Waals surface area contributed by atoms with Gasteiger partial charge < -0.3 is 9.84 Å². The van der Waals surface area contributed by atoms with Crippen molar-refractivity contribution in [2.45, 2.75) is 32.8 Å². The second-order valence-corrected chi connectivity index (χ2v) is 3.40. The lowest BCUT2D eigenvalue weighted by Crippen LogP contribution is -2.14. The zero-order valence-corrected chi connectivity index (χ0v) is 8.86. The molecule has 1 rings (SSSR count). The lowest BCUT2D eigenvalue weighted by atomic mass is 10.1. The van der Waals surface area contributed by atoms with Gasteiger partial charge in [0.1, 0.15) is 5.75 Å². The van der Waals surface area contributed by atoms with Crippen LogP contribution in [0.1, 0.15) is 25.8 Å². The van der Waals surface area contributed by atoms with Crippen LogP contribution in [0.3, 0.4) is 0 Å². The van der Waals surface area contributed by atoms with Gasteiger partial charge in [-0.15, -0.1) is 0 Å². The molecule has 1 atom stereocenters. The SMILES string of the molecule is CCc1ccccc1OC(C)CCO. The summed E-state index contributed by atoms with van der Waals surface area (Å²) in [6, 6.07) is 8.04. The Morgan fingerprint density at radius 1 is 1.36 bits per heavy atom. The van der Waals surface area contributed by atoms with E-state index in [1.54, 1.807) is 0 Å². The number of aryl methyl sites for hydroxylation is 1. The minimum atomic E-state index is 0.0766. The molecule has 1 N–H and O–H groups in total. The van der Waals surface area contributed by atoms with Gasteiger partial charge in [0.25, 0.3) is 0 Å². The molecule has 0 bridgehead atoms. The minimum Gasteiger partial charge on any atom is -0.490 e. The molecule has 2 heteroatoms. The van der Waals surface area contributed by atoms with E-state index in [0.717, 1.165) is 12.2 Å². The molecule has 0 saturated carbocycles. The molecular weight excluding hydrogens is 176 g/mol. The van der Waals surface area contributed by atoms with Gasteiger partial charge in [-0.05, 0) is 25.0 Å². The molecule has 0 aliphatic rings. The van der Waals surface area contributed by atoms with E-state index in [9.17, 15) is 0 Å². The summed E-state index contributed by atoms with van der Waals surface area (Å²) in [5, 5.41) is 8.76. The average Bonchev–Trinajstić information content (AvgIpc) is 2.19. The third-order valence-corrected chi connectivity index (χ3v) is 2.22. The zero-order valence-electron chi connectivity index (χ0n) is 8.86. The Hall–Kier alpha value is -1.02. The third kappa shape index (κ3) is 3.04. The third-order valence-electron chi connectivity index (χ3n) is 2.22. The van der Waals surface area contributed by atoms with Crippen molar-refractivity contribution in [1.82, 2.24) is 0 Å².